The summed E-state index contributed by atoms with van der Waals surface area (Å²) in [4.78, 5) is 6.57. The van der Waals surface area contributed by atoms with Gasteiger partial charge in [0.15, 0.2) is 0 Å². The van der Waals surface area contributed by atoms with Crippen molar-refractivity contribution in [3.8, 4) is 6.07 Å². The number of hydrogen-bond acceptors (Lipinski definition) is 6. The molecule has 1 aromatic rings. The van der Waals surface area contributed by atoms with Crippen molar-refractivity contribution in [3.63, 3.8) is 0 Å². The van der Waals surface area contributed by atoms with Crippen LogP contribution in [0.15, 0.2) is 24.4 Å². The van der Waals surface area contributed by atoms with E-state index in [1.54, 1.807) is 6.20 Å². The molecule has 0 aromatic carbocycles. The summed E-state index contributed by atoms with van der Waals surface area (Å²) in [6.45, 7) is 4.03. The lowest BCUT2D eigenvalue weighted by atomic mass is 9.64. The van der Waals surface area contributed by atoms with E-state index in [4.69, 9.17) is 4.74 Å². The first-order chi connectivity index (χ1) is 11.6. The predicted molar refractivity (Wildman–Crippen MR) is 90.4 cm³/mol. The lowest BCUT2D eigenvalue weighted by Crippen LogP contribution is -2.67. The molecular formula is C18H26N4O2. The minimum Gasteiger partial charge on any atom is -0.394 e. The molecule has 24 heavy (non-hydrogen) atoms. The minimum atomic E-state index is -0.479. The van der Waals surface area contributed by atoms with Crippen LogP contribution in [0.2, 0.25) is 0 Å². The molecule has 6 heteroatoms. The van der Waals surface area contributed by atoms with Crippen LogP contribution >= 0.6 is 0 Å². The normalized spacial score (nSPS) is 36.8. The maximum Gasteiger partial charge on any atom is 0.102 e. The standard InChI is InChI=1S/C18H26N4O2/c1-14-9-24-13-18(12-23,22(14)2)11-21-15-7-17(8-15,10-19)16-5-3-4-6-20-16/h3-6,14-15,21,23H,7-9,11-13H2,1-2H3/t14-,15?,17?,18+/m1/s1. The van der Waals surface area contributed by atoms with Gasteiger partial charge in [0.2, 0.25) is 0 Å². The first-order valence-electron chi connectivity index (χ1n) is 8.53. The molecule has 3 rings (SSSR count). The van der Waals surface area contributed by atoms with E-state index in [0.29, 0.717) is 19.8 Å². The number of aliphatic hydroxyl groups excluding tert-OH is 1. The SMILES string of the molecule is C[C@@H]1COC[C@@](CO)(CNC2CC(C#N)(c3ccccn3)C2)N1C. The summed E-state index contributed by atoms with van der Waals surface area (Å²) in [5.41, 5.74) is -0.0182. The second kappa shape index (κ2) is 6.77. The minimum absolute atomic E-state index is 0.0528. The van der Waals surface area contributed by atoms with Crippen molar-refractivity contribution in [1.82, 2.24) is 15.2 Å². The Hall–Kier alpha value is -1.52. The largest absolute Gasteiger partial charge is 0.394 e. The molecular weight excluding hydrogens is 304 g/mol. The fourth-order valence-corrected chi connectivity index (χ4v) is 3.75. The molecule has 2 aliphatic rings. The van der Waals surface area contributed by atoms with Crippen LogP contribution in [0.1, 0.15) is 25.5 Å². The highest BCUT2D eigenvalue weighted by Crippen LogP contribution is 2.42. The Morgan fingerprint density at radius 2 is 2.29 bits per heavy atom. The van der Waals surface area contributed by atoms with Gasteiger partial charge in [0.1, 0.15) is 5.41 Å². The lowest BCUT2D eigenvalue weighted by Gasteiger charge is -2.49. The molecule has 0 radical (unpaired) electrons. The van der Waals surface area contributed by atoms with Crippen LogP contribution in [0.5, 0.6) is 0 Å². The Kier molecular flexibility index (Phi) is 4.88. The average molecular weight is 330 g/mol. The van der Waals surface area contributed by atoms with Gasteiger partial charge in [-0.05, 0) is 38.9 Å². The van der Waals surface area contributed by atoms with Gasteiger partial charge in [0, 0.05) is 24.8 Å². The monoisotopic (exact) mass is 330 g/mol. The van der Waals surface area contributed by atoms with Crippen LogP contribution in [0, 0.1) is 11.3 Å². The van der Waals surface area contributed by atoms with Crippen molar-refractivity contribution in [2.75, 3.05) is 33.4 Å². The van der Waals surface area contributed by atoms with E-state index in [-0.39, 0.29) is 18.7 Å². The Morgan fingerprint density at radius 3 is 2.92 bits per heavy atom. The third-order valence-corrected chi connectivity index (χ3v) is 5.71. The molecule has 0 spiro atoms. The number of pyridine rings is 1. The number of nitrogens with one attached hydrogen (secondary N) is 1. The lowest BCUT2D eigenvalue weighted by molar-refractivity contribution is -0.107. The Bertz CT molecular complexity index is 597. The maximum absolute atomic E-state index is 9.94. The van der Waals surface area contributed by atoms with Crippen LogP contribution in [-0.2, 0) is 10.2 Å². The van der Waals surface area contributed by atoms with E-state index in [2.05, 4.69) is 28.2 Å². The smallest absolute Gasteiger partial charge is 0.102 e. The number of likely N-dealkylation sites (N-methyl/N-ethyl adjacent to an activating group) is 1. The predicted octanol–water partition coefficient (Wildman–Crippen LogP) is 0.677. The number of hydrogen-bond donors (Lipinski definition) is 2. The molecule has 1 saturated carbocycles. The maximum atomic E-state index is 9.94. The highest BCUT2D eigenvalue weighted by atomic mass is 16.5. The fourth-order valence-electron chi connectivity index (χ4n) is 3.75. The van der Waals surface area contributed by atoms with Crippen molar-refractivity contribution >= 4 is 0 Å². The number of ether oxygens (including phenoxy) is 1. The highest BCUT2D eigenvalue weighted by molar-refractivity contribution is 5.32. The Morgan fingerprint density at radius 1 is 1.50 bits per heavy atom. The second-order valence-corrected chi connectivity index (χ2v) is 7.25. The van der Waals surface area contributed by atoms with E-state index in [0.717, 1.165) is 18.5 Å². The summed E-state index contributed by atoms with van der Waals surface area (Å²) >= 11 is 0. The third-order valence-electron chi connectivity index (χ3n) is 5.71. The summed E-state index contributed by atoms with van der Waals surface area (Å²) in [6.07, 6.45) is 3.25. The van der Waals surface area contributed by atoms with Crippen molar-refractivity contribution in [2.45, 2.75) is 42.8 Å². The van der Waals surface area contributed by atoms with E-state index >= 15 is 0 Å². The first kappa shape index (κ1) is 17.3. The van der Waals surface area contributed by atoms with Gasteiger partial charge < -0.3 is 15.2 Å². The van der Waals surface area contributed by atoms with Crippen LogP contribution in [0.25, 0.3) is 0 Å². The molecule has 0 bridgehead atoms. The Labute approximate surface area is 143 Å². The number of morpholine rings is 1. The summed E-state index contributed by atoms with van der Waals surface area (Å²) < 4.78 is 5.67. The molecule has 2 atom stereocenters. The van der Waals surface area contributed by atoms with E-state index in [1.807, 2.05) is 25.2 Å². The fraction of sp³-hybridized carbons (Fsp3) is 0.667. The number of nitriles is 1. The van der Waals surface area contributed by atoms with Crippen molar-refractivity contribution in [1.29, 1.82) is 5.26 Å². The summed E-state index contributed by atoms with van der Waals surface area (Å²) in [7, 11) is 2.04. The summed E-state index contributed by atoms with van der Waals surface area (Å²) in [5, 5.41) is 23.1. The van der Waals surface area contributed by atoms with Crippen LogP contribution in [-0.4, -0.2) is 66.0 Å². The highest BCUT2D eigenvalue weighted by Gasteiger charge is 2.48. The molecule has 2 fully saturated rings. The number of rotatable bonds is 5. The molecule has 0 unspecified atom stereocenters. The molecule has 1 aromatic heterocycles. The molecule has 1 aliphatic heterocycles. The molecule has 1 saturated heterocycles. The van der Waals surface area contributed by atoms with Crippen LogP contribution in [0.4, 0.5) is 0 Å². The molecule has 2 heterocycles. The van der Waals surface area contributed by atoms with Gasteiger partial charge in [0.25, 0.3) is 0 Å². The van der Waals surface area contributed by atoms with Gasteiger partial charge >= 0.3 is 0 Å². The van der Waals surface area contributed by atoms with E-state index in [1.165, 1.54) is 0 Å². The average Bonchev–Trinajstić information content (AvgIpc) is 2.58. The molecule has 1 aliphatic carbocycles. The quantitative estimate of drug-likeness (QED) is 0.826. The zero-order chi connectivity index (χ0) is 17.2. The zero-order valence-corrected chi connectivity index (χ0v) is 14.4. The van der Waals surface area contributed by atoms with Crippen molar-refractivity contribution in [2.24, 2.45) is 0 Å². The van der Waals surface area contributed by atoms with Crippen LogP contribution < -0.4 is 5.32 Å². The third kappa shape index (κ3) is 2.93. The molecule has 130 valence electrons. The number of aliphatic hydroxyl groups is 1. The van der Waals surface area contributed by atoms with E-state index in [9.17, 15) is 10.4 Å². The summed E-state index contributed by atoms with van der Waals surface area (Å²) in [6, 6.07) is 8.72. The summed E-state index contributed by atoms with van der Waals surface area (Å²) in [5.74, 6) is 0. The number of nitrogens with zero attached hydrogens (tertiary/aromatic N) is 3. The molecule has 2 N–H and O–H groups in total. The first-order valence-corrected chi connectivity index (χ1v) is 8.53. The van der Waals surface area contributed by atoms with Crippen molar-refractivity contribution in [3.05, 3.63) is 30.1 Å². The van der Waals surface area contributed by atoms with Gasteiger partial charge in [-0.1, -0.05) is 6.07 Å². The van der Waals surface area contributed by atoms with Gasteiger partial charge in [-0.15, -0.1) is 0 Å². The second-order valence-electron chi connectivity index (χ2n) is 7.25. The Balaban J connectivity index is 1.60. The molecule has 0 amide bonds. The van der Waals surface area contributed by atoms with Crippen molar-refractivity contribution < 1.29 is 9.84 Å². The zero-order valence-electron chi connectivity index (χ0n) is 14.4. The number of aromatic nitrogens is 1. The van der Waals surface area contributed by atoms with Gasteiger partial charge in [0.05, 0.1) is 37.1 Å². The topological polar surface area (TPSA) is 81.4 Å². The van der Waals surface area contributed by atoms with Gasteiger partial charge in [-0.25, -0.2) is 0 Å². The van der Waals surface area contributed by atoms with Gasteiger partial charge in [-0.3, -0.25) is 9.88 Å². The van der Waals surface area contributed by atoms with Gasteiger partial charge in [-0.2, -0.15) is 5.26 Å². The molecule has 6 nitrogen and oxygen atoms in total. The van der Waals surface area contributed by atoms with E-state index < -0.39 is 11.0 Å². The van der Waals surface area contributed by atoms with Crippen LogP contribution in [0.3, 0.4) is 0 Å².